The highest BCUT2D eigenvalue weighted by molar-refractivity contribution is 5.30. The van der Waals surface area contributed by atoms with Gasteiger partial charge >= 0.3 is 12.4 Å². The Morgan fingerprint density at radius 2 is 1.00 bits per heavy atom. The van der Waals surface area contributed by atoms with E-state index in [2.05, 4.69) is 13.8 Å². The molecule has 10 rings (SSSR count). The van der Waals surface area contributed by atoms with Crippen LogP contribution < -0.4 is 0 Å². The lowest BCUT2D eigenvalue weighted by atomic mass is 9.59. The van der Waals surface area contributed by atoms with Crippen LogP contribution in [0.3, 0.4) is 0 Å². The highest BCUT2D eigenvalue weighted by Gasteiger charge is 2.72. The van der Waals surface area contributed by atoms with Gasteiger partial charge in [-0.25, -0.2) is 19.6 Å². The first-order valence-electron chi connectivity index (χ1n) is 19.2. The predicted molar refractivity (Wildman–Crippen MR) is 174 cm³/mol. The maximum Gasteiger partial charge on any atom is 0.449 e. The fourth-order valence-corrected chi connectivity index (χ4v) is 11.2. The largest absolute Gasteiger partial charge is 0.456 e. The molecular formula is C37H52F6N2O8. The number of allylic oxidation sites excluding steroid dienone is 2. The van der Waals surface area contributed by atoms with Crippen LogP contribution in [0.15, 0.2) is 22.7 Å². The summed E-state index contributed by atoms with van der Waals surface area (Å²) < 4.78 is 112. The molecule has 8 heterocycles. The maximum atomic E-state index is 14.7. The van der Waals surface area contributed by atoms with Gasteiger partial charge in [0.25, 0.3) is 0 Å². The van der Waals surface area contributed by atoms with Crippen LogP contribution in [0, 0.1) is 35.5 Å². The molecule has 8 fully saturated rings. The summed E-state index contributed by atoms with van der Waals surface area (Å²) in [6.45, 7) is 8.23. The smallest absolute Gasteiger partial charge is 0.449 e. The highest BCUT2D eigenvalue weighted by atomic mass is 19.4. The predicted octanol–water partition coefficient (Wildman–Crippen LogP) is 7.36. The minimum absolute atomic E-state index is 0.0293. The Labute approximate surface area is 306 Å². The van der Waals surface area contributed by atoms with Crippen molar-refractivity contribution in [1.29, 1.82) is 0 Å². The van der Waals surface area contributed by atoms with Crippen molar-refractivity contribution in [2.75, 3.05) is 40.3 Å². The van der Waals surface area contributed by atoms with E-state index in [1.54, 1.807) is 27.9 Å². The maximum absolute atomic E-state index is 14.7. The second-order valence-electron chi connectivity index (χ2n) is 17.5. The van der Waals surface area contributed by atoms with Crippen LogP contribution in [0.1, 0.15) is 85.5 Å². The number of fused-ring (bicyclic) bond motifs is 4. The standard InChI is InChI=1S/C37H52F6N2O8/c1-20-8-10-26-22(28(36(38,39)40)46-30-34(26)24(20)12-14-32(3,48-30)50-52-34)18-44(5)16-7-17-45(6)19-23-27-11-9-21(2)25-13-15-33(4)49-31(35(25,27)53-51-33)47-29(23)37(41,42)43/h20-21,24-27,30-31H,7-19H2,1-6H3/t20-,21-,24?,25?,26+,27+,30-,31?,32+,33+,34-,35-/m1/s1. The van der Waals surface area contributed by atoms with Crippen molar-refractivity contribution in [3.05, 3.63) is 22.7 Å². The van der Waals surface area contributed by atoms with Gasteiger partial charge in [-0.1, -0.05) is 13.8 Å². The van der Waals surface area contributed by atoms with Gasteiger partial charge in [0, 0.05) is 49.6 Å². The lowest BCUT2D eigenvalue weighted by molar-refractivity contribution is -0.557. The third-order valence-corrected chi connectivity index (χ3v) is 13.8. The van der Waals surface area contributed by atoms with Crippen molar-refractivity contribution in [2.24, 2.45) is 35.5 Å². The van der Waals surface area contributed by atoms with E-state index in [4.69, 9.17) is 38.5 Å². The third-order valence-electron chi connectivity index (χ3n) is 13.8. The van der Waals surface area contributed by atoms with Gasteiger partial charge in [0.1, 0.15) is 0 Å². The highest BCUT2D eigenvalue weighted by Crippen LogP contribution is 2.63. The number of nitrogens with zero attached hydrogens (tertiary/aromatic N) is 2. The lowest BCUT2D eigenvalue weighted by Crippen LogP contribution is -2.67. The number of likely N-dealkylation sites (N-methyl/N-ethyl adjacent to an activating group) is 2. The molecule has 0 amide bonds. The monoisotopic (exact) mass is 766 g/mol. The fraction of sp³-hybridized carbons (Fsp3) is 0.892. The summed E-state index contributed by atoms with van der Waals surface area (Å²) in [6, 6.07) is 0. The zero-order valence-electron chi connectivity index (χ0n) is 31.2. The van der Waals surface area contributed by atoms with Crippen molar-refractivity contribution < 1.29 is 64.8 Å². The van der Waals surface area contributed by atoms with Crippen molar-refractivity contribution >= 4 is 0 Å². The molecule has 0 aromatic heterocycles. The van der Waals surface area contributed by atoms with Gasteiger partial charge in [-0.2, -0.15) is 26.3 Å². The van der Waals surface area contributed by atoms with Crippen molar-refractivity contribution in [2.45, 2.75) is 133 Å². The summed E-state index contributed by atoms with van der Waals surface area (Å²) in [5, 5.41) is 0. The summed E-state index contributed by atoms with van der Waals surface area (Å²) in [5.41, 5.74) is -2.17. The Morgan fingerprint density at radius 3 is 1.38 bits per heavy atom. The molecule has 12 atom stereocenters. The summed E-state index contributed by atoms with van der Waals surface area (Å²) in [4.78, 5) is 27.4. The van der Waals surface area contributed by atoms with Crippen LogP contribution in [-0.4, -0.2) is 97.8 Å². The normalized spacial score (nSPS) is 45.1. The van der Waals surface area contributed by atoms with E-state index < -0.39 is 71.1 Å². The van der Waals surface area contributed by atoms with Crippen molar-refractivity contribution in [3.8, 4) is 0 Å². The molecule has 0 radical (unpaired) electrons. The molecule has 4 bridgehead atoms. The molecule has 10 aliphatic rings. The van der Waals surface area contributed by atoms with Gasteiger partial charge in [0.15, 0.2) is 11.2 Å². The zero-order chi connectivity index (χ0) is 37.9. The Kier molecular flexibility index (Phi) is 9.33. The van der Waals surface area contributed by atoms with E-state index in [1.807, 2.05) is 9.80 Å². The van der Waals surface area contributed by atoms with Gasteiger partial charge in [-0.15, -0.1) is 0 Å². The molecule has 53 heavy (non-hydrogen) atoms. The van der Waals surface area contributed by atoms with Crippen molar-refractivity contribution in [3.63, 3.8) is 0 Å². The molecule has 2 saturated carbocycles. The van der Waals surface area contributed by atoms with Gasteiger partial charge in [0.05, 0.1) is 0 Å². The van der Waals surface area contributed by atoms with Crippen LogP contribution in [0.5, 0.6) is 0 Å². The zero-order valence-corrected chi connectivity index (χ0v) is 31.2. The van der Waals surface area contributed by atoms with E-state index in [0.29, 0.717) is 58.0 Å². The van der Waals surface area contributed by atoms with E-state index >= 15 is 0 Å². The average molecular weight is 767 g/mol. The minimum atomic E-state index is -4.75. The molecular weight excluding hydrogens is 714 g/mol. The molecule has 0 N–H and O–H groups in total. The van der Waals surface area contributed by atoms with Crippen LogP contribution in [0.4, 0.5) is 26.3 Å². The second kappa shape index (κ2) is 12.9. The van der Waals surface area contributed by atoms with E-state index in [1.165, 1.54) is 0 Å². The summed E-state index contributed by atoms with van der Waals surface area (Å²) in [6.07, 6.45) is -6.81. The van der Waals surface area contributed by atoms with Crippen LogP contribution in [-0.2, 0) is 38.5 Å². The Morgan fingerprint density at radius 1 is 0.604 bits per heavy atom. The number of rotatable bonds is 8. The molecule has 8 aliphatic heterocycles. The molecule has 0 aromatic carbocycles. The molecule has 2 spiro atoms. The number of ether oxygens (including phenoxy) is 4. The lowest BCUT2D eigenvalue weighted by Gasteiger charge is -2.57. The third kappa shape index (κ3) is 6.15. The van der Waals surface area contributed by atoms with Gasteiger partial charge in [-0.05, 0) is 109 Å². The molecule has 0 aromatic rings. The summed E-state index contributed by atoms with van der Waals surface area (Å²) in [5.74, 6) is -5.60. The quantitative estimate of drug-likeness (QED) is 0.185. The Bertz CT molecular complexity index is 1400. The van der Waals surface area contributed by atoms with Gasteiger partial charge < -0.3 is 28.7 Å². The Hall–Kier alpha value is -1.66. The first-order chi connectivity index (χ1) is 24.8. The van der Waals surface area contributed by atoms with E-state index in [-0.39, 0.29) is 47.9 Å². The van der Waals surface area contributed by atoms with Crippen molar-refractivity contribution in [1.82, 2.24) is 9.80 Å². The second-order valence-corrected chi connectivity index (χ2v) is 17.5. The number of alkyl halides is 6. The molecule has 300 valence electrons. The van der Waals surface area contributed by atoms with E-state index in [9.17, 15) is 26.3 Å². The molecule has 6 saturated heterocycles. The van der Waals surface area contributed by atoms with Gasteiger partial charge in [-0.3, -0.25) is 0 Å². The average Bonchev–Trinajstić information content (AvgIpc) is 3.44. The molecule has 2 aliphatic carbocycles. The molecule has 10 nitrogen and oxygen atoms in total. The van der Waals surface area contributed by atoms with Crippen LogP contribution in [0.25, 0.3) is 0 Å². The number of hydrogen-bond acceptors (Lipinski definition) is 10. The summed E-state index contributed by atoms with van der Waals surface area (Å²) in [7, 11) is 3.49. The Balaban J connectivity index is 0.985. The molecule has 3 unspecified atom stereocenters. The van der Waals surface area contributed by atoms with Crippen LogP contribution >= 0.6 is 0 Å². The summed E-state index contributed by atoms with van der Waals surface area (Å²) >= 11 is 0. The molecule has 16 heteroatoms. The fourth-order valence-electron chi connectivity index (χ4n) is 11.2. The topological polar surface area (TPSA) is 80.3 Å². The number of halogens is 6. The first-order valence-corrected chi connectivity index (χ1v) is 19.2. The van der Waals surface area contributed by atoms with Crippen LogP contribution in [0.2, 0.25) is 0 Å². The van der Waals surface area contributed by atoms with Gasteiger partial charge in [0.2, 0.25) is 35.7 Å². The minimum Gasteiger partial charge on any atom is -0.456 e. The number of hydrogen-bond donors (Lipinski definition) is 0. The van der Waals surface area contributed by atoms with E-state index in [0.717, 1.165) is 12.8 Å². The SMILES string of the molecule is C[C@@H]1CC[C@H]2C(CN(C)CCCN(C)CC3=C(C(F)(F)F)O[C@@H]4O[C@]5(C)CCC6[C@H](C)CC[C@@H]3[C@]64OO5)=C(C(F)(F)F)OC3O[C@]4(C)CCC1[C@]32OO4. The first kappa shape index (κ1) is 38.2.